The molecule has 2 saturated heterocycles. The number of allylic oxidation sites excluding steroid dienone is 4. The van der Waals surface area contributed by atoms with Crippen LogP contribution in [0.2, 0.25) is 0 Å². The Balaban J connectivity index is 2.01. The van der Waals surface area contributed by atoms with Crippen molar-refractivity contribution in [1.29, 1.82) is 0 Å². The van der Waals surface area contributed by atoms with Crippen LogP contribution >= 0.6 is 0 Å². The van der Waals surface area contributed by atoms with Crippen molar-refractivity contribution in [1.82, 2.24) is 0 Å². The van der Waals surface area contributed by atoms with Gasteiger partial charge < -0.3 is 24.8 Å². The van der Waals surface area contributed by atoms with E-state index in [1.807, 2.05) is 25.2 Å². The van der Waals surface area contributed by atoms with Gasteiger partial charge in [0.2, 0.25) is 0 Å². The van der Waals surface area contributed by atoms with Crippen LogP contribution in [0.15, 0.2) is 59.8 Å². The number of carbonyl (C=O) groups is 2. The SMILES string of the molecule is CC(/C=C/C(O)C(C)/C=C/C(=O)O)=C\CC1OC2(CCC(C)C(/C=C/C(C)=C/C(=O)O)O2)CC[C@H]1C. The van der Waals surface area contributed by atoms with Gasteiger partial charge in [-0.25, -0.2) is 9.59 Å². The third kappa shape index (κ3) is 9.52. The maximum absolute atomic E-state index is 10.9. The van der Waals surface area contributed by atoms with Crippen molar-refractivity contribution in [3.63, 3.8) is 0 Å². The van der Waals surface area contributed by atoms with Crippen molar-refractivity contribution < 1.29 is 34.4 Å². The molecule has 3 N–H and O–H groups in total. The number of aliphatic hydroxyl groups is 1. The second kappa shape index (κ2) is 13.7. The van der Waals surface area contributed by atoms with E-state index in [-0.39, 0.29) is 18.1 Å². The molecular formula is C29H42O7. The molecule has 0 aromatic carbocycles. The Morgan fingerprint density at radius 2 is 1.61 bits per heavy atom. The van der Waals surface area contributed by atoms with Gasteiger partial charge in [0, 0.05) is 30.9 Å². The second-order valence-corrected chi connectivity index (χ2v) is 10.4. The monoisotopic (exact) mass is 502 g/mol. The first kappa shape index (κ1) is 29.7. The molecule has 0 aromatic heterocycles. The number of hydrogen-bond donors (Lipinski definition) is 3. The standard InChI is InChI=1S/C29H42O7/c1-19(6-10-24(30)21(3)9-13-27(31)32)7-11-25-22(4)14-16-29(35-25)17-15-23(5)26(36-29)12-8-20(2)18-28(33)34/h6-10,12-13,18,21-26,30H,11,14-17H2,1-5H3,(H,31,32)(H,33,34)/b10-6+,12-8+,13-9+,19-7+,20-18+/t21?,22-,23?,24?,25?,26?,29?/m1/s1. The van der Waals surface area contributed by atoms with Gasteiger partial charge in [0.05, 0.1) is 18.3 Å². The first-order valence-corrected chi connectivity index (χ1v) is 12.8. The first-order chi connectivity index (χ1) is 16.9. The Hall–Kier alpha value is -2.48. The maximum Gasteiger partial charge on any atom is 0.328 e. The van der Waals surface area contributed by atoms with Crippen molar-refractivity contribution in [2.45, 2.75) is 90.8 Å². The molecule has 2 rings (SSSR count). The fourth-order valence-corrected chi connectivity index (χ4v) is 4.53. The molecule has 7 nitrogen and oxygen atoms in total. The van der Waals surface area contributed by atoms with Crippen molar-refractivity contribution in [2.24, 2.45) is 17.8 Å². The summed E-state index contributed by atoms with van der Waals surface area (Å²) in [4.78, 5) is 21.5. The summed E-state index contributed by atoms with van der Waals surface area (Å²) in [6, 6.07) is 0. The molecule has 200 valence electrons. The Bertz CT molecular complexity index is 909. The molecule has 0 aliphatic carbocycles. The minimum absolute atomic E-state index is 0.0103. The second-order valence-electron chi connectivity index (χ2n) is 10.4. The fraction of sp³-hybridized carbons (Fsp3) is 0.586. The van der Waals surface area contributed by atoms with Gasteiger partial charge in [0.25, 0.3) is 0 Å². The van der Waals surface area contributed by atoms with Crippen LogP contribution < -0.4 is 0 Å². The Morgan fingerprint density at radius 1 is 0.944 bits per heavy atom. The zero-order valence-corrected chi connectivity index (χ0v) is 22.1. The van der Waals surface area contributed by atoms with Crippen LogP contribution in [0.25, 0.3) is 0 Å². The van der Waals surface area contributed by atoms with Gasteiger partial charge in [-0.2, -0.15) is 0 Å². The van der Waals surface area contributed by atoms with Crippen molar-refractivity contribution in [2.75, 3.05) is 0 Å². The number of aliphatic carboxylic acids is 2. The number of aliphatic hydroxyl groups excluding tert-OH is 1. The summed E-state index contributed by atoms with van der Waals surface area (Å²) >= 11 is 0. The van der Waals surface area contributed by atoms with Crippen LogP contribution in [-0.2, 0) is 19.1 Å². The van der Waals surface area contributed by atoms with Crippen LogP contribution in [-0.4, -0.2) is 51.4 Å². The molecule has 2 fully saturated rings. The quantitative estimate of drug-likeness (QED) is 0.270. The zero-order chi connectivity index (χ0) is 26.9. The van der Waals surface area contributed by atoms with E-state index in [1.54, 1.807) is 19.9 Å². The van der Waals surface area contributed by atoms with Crippen molar-refractivity contribution >= 4 is 11.9 Å². The molecule has 0 radical (unpaired) electrons. The minimum Gasteiger partial charge on any atom is -0.478 e. The van der Waals surface area contributed by atoms with E-state index in [1.165, 1.54) is 12.2 Å². The van der Waals surface area contributed by atoms with Crippen LogP contribution in [0.1, 0.15) is 66.7 Å². The lowest BCUT2D eigenvalue weighted by atomic mass is 9.83. The van der Waals surface area contributed by atoms with Crippen LogP contribution in [0.3, 0.4) is 0 Å². The lowest BCUT2D eigenvalue weighted by Crippen LogP contribution is -2.51. The van der Waals surface area contributed by atoms with E-state index in [2.05, 4.69) is 19.9 Å². The van der Waals surface area contributed by atoms with Gasteiger partial charge in [-0.15, -0.1) is 0 Å². The Labute approximate surface area is 214 Å². The van der Waals surface area contributed by atoms with Gasteiger partial charge >= 0.3 is 11.9 Å². The summed E-state index contributed by atoms with van der Waals surface area (Å²) in [6.45, 7) is 9.84. The molecule has 1 spiro atoms. The van der Waals surface area contributed by atoms with Crippen molar-refractivity contribution in [3.05, 3.63) is 59.8 Å². The smallest absolute Gasteiger partial charge is 0.328 e. The maximum atomic E-state index is 10.9. The van der Waals surface area contributed by atoms with E-state index < -0.39 is 23.8 Å². The lowest BCUT2D eigenvalue weighted by molar-refractivity contribution is -0.323. The highest BCUT2D eigenvalue weighted by Crippen LogP contribution is 2.43. The normalized spacial score (nSPS) is 31.9. The number of carboxylic acid groups (broad SMARTS) is 2. The third-order valence-corrected chi connectivity index (χ3v) is 7.08. The molecular weight excluding hydrogens is 460 g/mol. The molecule has 7 atom stereocenters. The summed E-state index contributed by atoms with van der Waals surface area (Å²) in [5.74, 6) is -2.22. The molecule has 0 aromatic rings. The molecule has 2 aliphatic rings. The number of hydrogen-bond acceptors (Lipinski definition) is 5. The average molecular weight is 503 g/mol. The van der Waals surface area contributed by atoms with Gasteiger partial charge in [-0.05, 0) is 50.5 Å². The molecule has 6 unspecified atom stereocenters. The van der Waals surface area contributed by atoms with Crippen LogP contribution in [0.5, 0.6) is 0 Å². The topological polar surface area (TPSA) is 113 Å². The fourth-order valence-electron chi connectivity index (χ4n) is 4.53. The number of ether oxygens (including phenoxy) is 2. The predicted octanol–water partition coefficient (Wildman–Crippen LogP) is 5.43. The third-order valence-electron chi connectivity index (χ3n) is 7.08. The van der Waals surface area contributed by atoms with Gasteiger partial charge in [0.15, 0.2) is 5.79 Å². The molecule has 7 heteroatoms. The summed E-state index contributed by atoms with van der Waals surface area (Å²) in [7, 11) is 0. The van der Waals surface area contributed by atoms with Crippen LogP contribution in [0.4, 0.5) is 0 Å². The first-order valence-electron chi connectivity index (χ1n) is 12.8. The van der Waals surface area contributed by atoms with E-state index in [0.29, 0.717) is 17.4 Å². The molecule has 0 bridgehead atoms. The predicted molar refractivity (Wildman–Crippen MR) is 139 cm³/mol. The van der Waals surface area contributed by atoms with Crippen LogP contribution in [0, 0.1) is 17.8 Å². The lowest BCUT2D eigenvalue weighted by Gasteiger charge is -2.49. The summed E-state index contributed by atoms with van der Waals surface area (Å²) in [5, 5.41) is 27.9. The molecule has 0 saturated carbocycles. The largest absolute Gasteiger partial charge is 0.478 e. The van der Waals surface area contributed by atoms with E-state index >= 15 is 0 Å². The van der Waals surface area contributed by atoms with E-state index in [9.17, 15) is 14.7 Å². The minimum atomic E-state index is -1.03. The highest BCUT2D eigenvalue weighted by Gasteiger charge is 2.45. The van der Waals surface area contributed by atoms with Gasteiger partial charge in [-0.1, -0.05) is 62.8 Å². The number of carboxylic acids is 2. The summed E-state index contributed by atoms with van der Waals surface area (Å²) in [5.41, 5.74) is 1.67. The van der Waals surface area contributed by atoms with E-state index in [4.69, 9.17) is 19.7 Å². The highest BCUT2D eigenvalue weighted by molar-refractivity contribution is 5.81. The highest BCUT2D eigenvalue weighted by atomic mass is 16.7. The van der Waals surface area contributed by atoms with Crippen molar-refractivity contribution in [3.8, 4) is 0 Å². The summed E-state index contributed by atoms with van der Waals surface area (Å²) in [6.07, 6.45) is 16.6. The molecule has 0 amide bonds. The van der Waals surface area contributed by atoms with Gasteiger partial charge in [0.1, 0.15) is 0 Å². The Morgan fingerprint density at radius 3 is 2.25 bits per heavy atom. The Kier molecular flexibility index (Phi) is 11.3. The average Bonchev–Trinajstić information content (AvgIpc) is 2.81. The molecule has 2 heterocycles. The zero-order valence-electron chi connectivity index (χ0n) is 22.1. The summed E-state index contributed by atoms with van der Waals surface area (Å²) < 4.78 is 13.1. The van der Waals surface area contributed by atoms with E-state index in [0.717, 1.165) is 43.8 Å². The molecule has 2 aliphatic heterocycles. The van der Waals surface area contributed by atoms with Gasteiger partial charge in [-0.3, -0.25) is 0 Å². The molecule has 36 heavy (non-hydrogen) atoms. The number of rotatable bonds is 10.